The lowest BCUT2D eigenvalue weighted by molar-refractivity contribution is -0.140. The molecule has 0 saturated carbocycles. The second-order valence-corrected chi connectivity index (χ2v) is 8.70. The number of hydrogen-bond acceptors (Lipinski definition) is 6. The molecule has 3 heterocycles. The normalized spacial score (nSPS) is 17.3. The average Bonchev–Trinajstić information content (AvgIpc) is 3.36. The first-order valence-electron chi connectivity index (χ1n) is 11.3. The number of nitrogens with one attached hydrogen (secondary N) is 1. The van der Waals surface area contributed by atoms with Crippen molar-refractivity contribution in [1.29, 1.82) is 0 Å². The first kappa shape index (κ1) is 24.4. The first-order chi connectivity index (χ1) is 16.9. The van der Waals surface area contributed by atoms with Crippen LogP contribution in [0.15, 0.2) is 54.7 Å². The van der Waals surface area contributed by atoms with Crippen LogP contribution in [-0.4, -0.2) is 52.3 Å². The van der Waals surface area contributed by atoms with E-state index in [1.54, 1.807) is 12.3 Å². The zero-order valence-electron chi connectivity index (χ0n) is 20.1. The molecular weight excluding hydrogens is 464 g/mol. The molecule has 1 N–H and O–H groups in total. The molecule has 2 atom stereocenters. The third-order valence-corrected chi connectivity index (χ3v) is 6.67. The second kappa shape index (κ2) is 10.3. The number of aryl methyl sites for hydroxylation is 1. The lowest BCUT2D eigenvalue weighted by Gasteiger charge is -2.28. The number of pyridine rings is 1. The predicted molar refractivity (Wildman–Crippen MR) is 135 cm³/mol. The van der Waals surface area contributed by atoms with Gasteiger partial charge in [-0.2, -0.15) is 0 Å². The fourth-order valence-electron chi connectivity index (χ4n) is 4.71. The minimum atomic E-state index is -0.399. The van der Waals surface area contributed by atoms with E-state index in [0.717, 1.165) is 28.3 Å². The number of benzene rings is 1. The maximum Gasteiger partial charge on any atom is 0.339 e. The number of thiocarbonyl (C=S) groups is 1. The van der Waals surface area contributed by atoms with Gasteiger partial charge in [0.2, 0.25) is 0 Å². The van der Waals surface area contributed by atoms with Gasteiger partial charge in [-0.15, -0.1) is 0 Å². The molecule has 8 nitrogen and oxygen atoms in total. The number of carbonyl (C=O) groups is 2. The number of aromatic nitrogens is 2. The van der Waals surface area contributed by atoms with Crippen molar-refractivity contribution in [3.63, 3.8) is 0 Å². The van der Waals surface area contributed by atoms with Gasteiger partial charge in [0, 0.05) is 24.1 Å². The molecule has 4 rings (SSSR count). The van der Waals surface area contributed by atoms with Gasteiger partial charge in [0.15, 0.2) is 5.11 Å². The smallest absolute Gasteiger partial charge is 0.339 e. The van der Waals surface area contributed by atoms with Gasteiger partial charge in [-0.1, -0.05) is 18.2 Å². The molecule has 0 aliphatic carbocycles. The number of nitrogens with zero attached hydrogens (tertiary/aromatic N) is 3. The Bertz CT molecular complexity index is 1260. The van der Waals surface area contributed by atoms with Crippen molar-refractivity contribution in [2.75, 3.05) is 20.8 Å². The zero-order valence-corrected chi connectivity index (χ0v) is 21.0. The number of rotatable bonds is 7. The van der Waals surface area contributed by atoms with E-state index in [1.165, 1.54) is 14.2 Å². The van der Waals surface area contributed by atoms with Gasteiger partial charge in [0.1, 0.15) is 0 Å². The number of carbonyl (C=O) groups excluding carboxylic acids is 2. The molecule has 35 heavy (non-hydrogen) atoms. The van der Waals surface area contributed by atoms with E-state index in [2.05, 4.69) is 20.9 Å². The summed E-state index contributed by atoms with van der Waals surface area (Å²) in [4.78, 5) is 31.0. The molecule has 1 aliphatic heterocycles. The van der Waals surface area contributed by atoms with Crippen LogP contribution in [0.5, 0.6) is 0 Å². The average molecular weight is 493 g/mol. The highest BCUT2D eigenvalue weighted by atomic mass is 32.1. The molecule has 1 fully saturated rings. The second-order valence-electron chi connectivity index (χ2n) is 8.32. The summed E-state index contributed by atoms with van der Waals surface area (Å²) in [6, 6.07) is 14.8. The van der Waals surface area contributed by atoms with Crippen molar-refractivity contribution in [2.24, 2.45) is 0 Å². The number of esters is 2. The molecule has 1 aliphatic rings. The Morgan fingerprint density at radius 1 is 1.09 bits per heavy atom. The molecule has 0 radical (unpaired) electrons. The van der Waals surface area contributed by atoms with Crippen molar-refractivity contribution >= 4 is 29.3 Å². The van der Waals surface area contributed by atoms with Crippen molar-refractivity contribution < 1.29 is 19.1 Å². The van der Waals surface area contributed by atoms with Crippen molar-refractivity contribution in [3.8, 4) is 5.69 Å². The highest BCUT2D eigenvalue weighted by Gasteiger charge is 2.41. The number of methoxy groups -OCH3 is 2. The van der Waals surface area contributed by atoms with Gasteiger partial charge in [0.05, 0.1) is 49.7 Å². The summed E-state index contributed by atoms with van der Waals surface area (Å²) < 4.78 is 11.9. The summed E-state index contributed by atoms with van der Waals surface area (Å²) in [5.74, 6) is -0.699. The first-order valence-corrected chi connectivity index (χ1v) is 11.7. The quantitative estimate of drug-likeness (QED) is 0.394. The maximum atomic E-state index is 12.5. The zero-order chi connectivity index (χ0) is 25.1. The van der Waals surface area contributed by atoms with Gasteiger partial charge in [-0.3, -0.25) is 9.78 Å². The molecule has 0 amide bonds. The monoisotopic (exact) mass is 492 g/mol. The summed E-state index contributed by atoms with van der Waals surface area (Å²) in [5, 5.41) is 3.95. The Labute approximate surface area is 209 Å². The molecule has 2 aromatic heterocycles. The van der Waals surface area contributed by atoms with E-state index in [9.17, 15) is 9.59 Å². The molecule has 0 bridgehead atoms. The lowest BCUT2D eigenvalue weighted by atomic mass is 9.96. The predicted octanol–water partition coefficient (Wildman–Crippen LogP) is 3.81. The Morgan fingerprint density at radius 3 is 2.51 bits per heavy atom. The summed E-state index contributed by atoms with van der Waals surface area (Å²) in [6.07, 6.45) is 1.96. The molecule has 9 heteroatoms. The van der Waals surface area contributed by atoms with Gasteiger partial charge >= 0.3 is 11.9 Å². The number of hydrogen-bond donors (Lipinski definition) is 1. The fourth-order valence-corrected chi connectivity index (χ4v) is 5.04. The third kappa shape index (κ3) is 4.64. The van der Waals surface area contributed by atoms with Crippen LogP contribution in [0.1, 0.15) is 51.5 Å². The van der Waals surface area contributed by atoms with E-state index in [-0.39, 0.29) is 24.5 Å². The largest absolute Gasteiger partial charge is 0.469 e. The van der Waals surface area contributed by atoms with Gasteiger partial charge < -0.3 is 24.3 Å². The van der Waals surface area contributed by atoms with Gasteiger partial charge in [0.25, 0.3) is 0 Å². The van der Waals surface area contributed by atoms with E-state index in [0.29, 0.717) is 17.2 Å². The van der Waals surface area contributed by atoms with Gasteiger partial charge in [-0.05, 0) is 62.0 Å². The molecule has 0 spiro atoms. The summed E-state index contributed by atoms with van der Waals surface area (Å²) in [6.45, 7) is 4.42. The SMILES string of the molecule is COC(=O)CCN1C(=S)NC(c2ccccn2)C1c1cc(C)n(-c2ccccc2C(=O)OC)c1C. The van der Waals surface area contributed by atoms with E-state index in [4.69, 9.17) is 21.7 Å². The minimum absolute atomic E-state index is 0.202. The van der Waals surface area contributed by atoms with Crippen LogP contribution >= 0.6 is 12.2 Å². The Hall–Kier alpha value is -3.72. The molecule has 182 valence electrons. The van der Waals surface area contributed by atoms with Crippen LogP contribution in [0.4, 0.5) is 0 Å². The van der Waals surface area contributed by atoms with E-state index < -0.39 is 5.97 Å². The third-order valence-electron chi connectivity index (χ3n) is 6.32. The van der Waals surface area contributed by atoms with Crippen LogP contribution in [0.3, 0.4) is 0 Å². The summed E-state index contributed by atoms with van der Waals surface area (Å²) in [5.41, 5.74) is 5.01. The number of ether oxygens (including phenoxy) is 2. The summed E-state index contributed by atoms with van der Waals surface area (Å²) >= 11 is 5.70. The van der Waals surface area contributed by atoms with Crippen LogP contribution in [-0.2, 0) is 14.3 Å². The van der Waals surface area contributed by atoms with E-state index in [1.807, 2.05) is 55.1 Å². The maximum absolute atomic E-state index is 12.5. The molecule has 1 saturated heterocycles. The van der Waals surface area contributed by atoms with Gasteiger partial charge in [-0.25, -0.2) is 4.79 Å². The molecule has 2 unspecified atom stereocenters. The number of para-hydroxylation sites is 1. The van der Waals surface area contributed by atoms with Crippen LogP contribution in [0.2, 0.25) is 0 Å². The van der Waals surface area contributed by atoms with Crippen molar-refractivity contribution in [1.82, 2.24) is 19.8 Å². The minimum Gasteiger partial charge on any atom is -0.469 e. The Kier molecular flexibility index (Phi) is 7.16. The molecule has 1 aromatic carbocycles. The highest BCUT2D eigenvalue weighted by Crippen LogP contribution is 2.41. The highest BCUT2D eigenvalue weighted by molar-refractivity contribution is 7.80. The van der Waals surface area contributed by atoms with Crippen molar-refractivity contribution in [2.45, 2.75) is 32.4 Å². The molecule has 3 aromatic rings. The van der Waals surface area contributed by atoms with Crippen LogP contribution in [0.25, 0.3) is 5.69 Å². The van der Waals surface area contributed by atoms with Crippen LogP contribution < -0.4 is 5.32 Å². The fraction of sp³-hybridized carbons (Fsp3) is 0.308. The Balaban J connectivity index is 1.83. The standard InChI is InChI=1S/C26H28N4O4S/c1-16-15-19(17(2)30(16)21-11-6-5-9-18(21)25(32)34-4)24-23(20-10-7-8-13-27-20)28-26(35)29(24)14-12-22(31)33-3/h5-11,13,15,23-24H,12,14H2,1-4H3,(H,28,35). The summed E-state index contributed by atoms with van der Waals surface area (Å²) in [7, 11) is 2.76. The topological polar surface area (TPSA) is 85.7 Å². The van der Waals surface area contributed by atoms with Crippen molar-refractivity contribution in [3.05, 3.63) is 82.9 Å². The van der Waals surface area contributed by atoms with E-state index >= 15 is 0 Å². The Morgan fingerprint density at radius 2 is 1.83 bits per heavy atom. The lowest BCUT2D eigenvalue weighted by Crippen LogP contribution is -2.32. The molecular formula is C26H28N4O4S. The van der Waals surface area contributed by atoms with Crippen LogP contribution in [0, 0.1) is 13.8 Å².